The topological polar surface area (TPSA) is 87.4 Å². The van der Waals surface area contributed by atoms with Gasteiger partial charge in [-0.25, -0.2) is 4.39 Å². The molecule has 1 heterocycles. The van der Waals surface area contributed by atoms with E-state index in [2.05, 4.69) is 16.4 Å². The van der Waals surface area contributed by atoms with Gasteiger partial charge in [0.1, 0.15) is 36.1 Å². The van der Waals surface area contributed by atoms with Crippen molar-refractivity contribution in [2.24, 2.45) is 0 Å². The summed E-state index contributed by atoms with van der Waals surface area (Å²) >= 11 is 6.72. The number of fused-ring (bicyclic) bond motifs is 1. The lowest BCUT2D eigenvalue weighted by Crippen LogP contribution is -2.28. The van der Waals surface area contributed by atoms with Crippen molar-refractivity contribution in [3.8, 4) is 28.7 Å². The zero-order chi connectivity index (χ0) is 28.9. The second kappa shape index (κ2) is 12.7. The fourth-order valence-electron chi connectivity index (χ4n) is 5.08. The molecule has 6 nitrogen and oxygen atoms in total. The van der Waals surface area contributed by atoms with Gasteiger partial charge >= 0.3 is 0 Å². The average molecular weight is 572 g/mol. The number of aliphatic hydroxyl groups is 1. The molecule has 0 aliphatic heterocycles. The lowest BCUT2D eigenvalue weighted by atomic mass is 9.95. The van der Waals surface area contributed by atoms with E-state index in [0.717, 1.165) is 40.7 Å². The summed E-state index contributed by atoms with van der Waals surface area (Å²) in [6, 6.07) is 18.7. The monoisotopic (exact) mass is 571 g/mol. The number of benzene rings is 3. The largest absolute Gasteiger partial charge is 0.488 e. The van der Waals surface area contributed by atoms with Gasteiger partial charge in [-0.2, -0.15) is 5.26 Å². The highest BCUT2D eigenvalue weighted by molar-refractivity contribution is 6.32. The van der Waals surface area contributed by atoms with E-state index in [0.29, 0.717) is 39.8 Å². The second-order valence-corrected chi connectivity index (χ2v) is 10.7. The van der Waals surface area contributed by atoms with Crippen LogP contribution in [0.3, 0.4) is 0 Å². The van der Waals surface area contributed by atoms with Crippen molar-refractivity contribution in [3.63, 3.8) is 0 Å². The van der Waals surface area contributed by atoms with Gasteiger partial charge in [-0.05, 0) is 61.1 Å². The predicted octanol–water partition coefficient (Wildman–Crippen LogP) is 6.84. The highest BCUT2D eigenvalue weighted by Gasteiger charge is 2.28. The Balaban J connectivity index is 1.43. The highest BCUT2D eigenvalue weighted by atomic mass is 35.5. The summed E-state index contributed by atoms with van der Waals surface area (Å²) in [5, 5.41) is 22.3. The molecule has 1 aliphatic carbocycles. The van der Waals surface area contributed by atoms with E-state index in [1.165, 1.54) is 6.20 Å². The van der Waals surface area contributed by atoms with Crippen LogP contribution in [-0.4, -0.2) is 22.7 Å². The Morgan fingerprint density at radius 3 is 2.76 bits per heavy atom. The first-order valence-corrected chi connectivity index (χ1v) is 13.9. The number of rotatable bonds is 10. The van der Waals surface area contributed by atoms with Crippen molar-refractivity contribution in [3.05, 3.63) is 111 Å². The first-order chi connectivity index (χ1) is 19.9. The minimum Gasteiger partial charge on any atom is -0.488 e. The van der Waals surface area contributed by atoms with Gasteiger partial charge in [-0.1, -0.05) is 48.0 Å². The van der Waals surface area contributed by atoms with Crippen molar-refractivity contribution in [1.82, 2.24) is 10.3 Å². The van der Waals surface area contributed by atoms with Crippen LogP contribution in [-0.2, 0) is 19.6 Å². The van der Waals surface area contributed by atoms with E-state index in [9.17, 15) is 10.4 Å². The number of nitrogens with one attached hydrogen (secondary N) is 1. The zero-order valence-electron chi connectivity index (χ0n) is 23.0. The Bertz CT molecular complexity index is 1600. The van der Waals surface area contributed by atoms with Gasteiger partial charge in [0, 0.05) is 47.7 Å². The molecular weight excluding hydrogens is 541 g/mol. The molecule has 0 unspecified atom stereocenters. The number of nitriles is 1. The number of ether oxygens (including phenoxy) is 2. The van der Waals surface area contributed by atoms with Gasteiger partial charge in [-0.15, -0.1) is 0 Å². The van der Waals surface area contributed by atoms with E-state index in [1.807, 2.05) is 43.3 Å². The molecule has 0 saturated heterocycles. The Hall–Kier alpha value is -3.96. The Labute approximate surface area is 244 Å². The summed E-state index contributed by atoms with van der Waals surface area (Å²) in [7, 11) is 0. The third-order valence-electron chi connectivity index (χ3n) is 7.32. The second-order valence-electron chi connectivity index (χ2n) is 10.3. The molecule has 3 aromatic carbocycles. The number of pyridine rings is 1. The van der Waals surface area contributed by atoms with Crippen LogP contribution >= 0.6 is 11.6 Å². The maximum atomic E-state index is 15.0. The maximum absolute atomic E-state index is 15.0. The summed E-state index contributed by atoms with van der Waals surface area (Å²) in [5.74, 6) is 0.845. The van der Waals surface area contributed by atoms with E-state index < -0.39 is 0 Å². The molecule has 0 saturated carbocycles. The molecule has 41 heavy (non-hydrogen) atoms. The molecule has 0 radical (unpaired) electrons. The molecule has 0 amide bonds. The molecule has 4 aromatic rings. The lowest BCUT2D eigenvalue weighted by molar-refractivity contribution is 0.205. The Morgan fingerprint density at radius 1 is 1.15 bits per heavy atom. The summed E-state index contributed by atoms with van der Waals surface area (Å²) in [6.07, 6.45) is 4.40. The van der Waals surface area contributed by atoms with E-state index in [1.54, 1.807) is 31.3 Å². The lowest BCUT2D eigenvalue weighted by Gasteiger charge is -2.20. The molecule has 2 atom stereocenters. The molecule has 0 spiro atoms. The molecule has 1 aliphatic rings. The fraction of sp³-hybridized carbons (Fsp3) is 0.273. The van der Waals surface area contributed by atoms with Crippen molar-refractivity contribution < 1.29 is 19.0 Å². The summed E-state index contributed by atoms with van der Waals surface area (Å²) < 4.78 is 27.7. The first kappa shape index (κ1) is 28.6. The van der Waals surface area contributed by atoms with Crippen molar-refractivity contribution >= 4 is 11.6 Å². The van der Waals surface area contributed by atoms with Crippen LogP contribution in [0.25, 0.3) is 11.1 Å². The van der Waals surface area contributed by atoms with Gasteiger partial charge in [0.15, 0.2) is 0 Å². The van der Waals surface area contributed by atoms with E-state index in [4.69, 9.17) is 21.1 Å². The minimum absolute atomic E-state index is 0.00668. The number of halogens is 2. The molecule has 1 aromatic heterocycles. The molecule has 2 N–H and O–H groups in total. The van der Waals surface area contributed by atoms with Gasteiger partial charge in [0.25, 0.3) is 0 Å². The fourth-order valence-corrected chi connectivity index (χ4v) is 5.31. The predicted molar refractivity (Wildman–Crippen MR) is 156 cm³/mol. The van der Waals surface area contributed by atoms with Crippen LogP contribution in [0.15, 0.2) is 67.0 Å². The number of hydrogen-bond donors (Lipinski definition) is 2. The van der Waals surface area contributed by atoms with Crippen LogP contribution in [0.2, 0.25) is 5.02 Å². The van der Waals surface area contributed by atoms with Gasteiger partial charge in [-0.3, -0.25) is 4.98 Å². The Kier molecular flexibility index (Phi) is 8.84. The number of nitrogens with zero attached hydrogens (tertiary/aromatic N) is 2. The highest BCUT2D eigenvalue weighted by Crippen LogP contribution is 2.43. The Morgan fingerprint density at radius 2 is 1.95 bits per heavy atom. The average Bonchev–Trinajstić information content (AvgIpc) is 3.40. The van der Waals surface area contributed by atoms with Crippen LogP contribution < -0.4 is 14.8 Å². The quantitative estimate of drug-likeness (QED) is 0.217. The number of aryl methyl sites for hydroxylation is 1. The third kappa shape index (κ3) is 6.36. The molecule has 0 fully saturated rings. The molecule has 210 valence electrons. The van der Waals surface area contributed by atoms with E-state index in [-0.39, 0.29) is 31.2 Å². The molecular formula is C33H31ClFN3O3. The zero-order valence-corrected chi connectivity index (χ0v) is 23.7. The third-order valence-corrected chi connectivity index (χ3v) is 7.61. The summed E-state index contributed by atoms with van der Waals surface area (Å²) in [6.45, 7) is 4.27. The summed E-state index contributed by atoms with van der Waals surface area (Å²) in [5.41, 5.74) is 6.21. The number of hydrogen-bond acceptors (Lipinski definition) is 6. The smallest absolute Gasteiger partial charge is 0.142 e. The van der Waals surface area contributed by atoms with Gasteiger partial charge < -0.3 is 19.9 Å². The summed E-state index contributed by atoms with van der Waals surface area (Å²) in [4.78, 5) is 4.11. The molecule has 0 bridgehead atoms. The van der Waals surface area contributed by atoms with Crippen molar-refractivity contribution in [2.45, 2.75) is 52.0 Å². The van der Waals surface area contributed by atoms with E-state index >= 15 is 4.39 Å². The maximum Gasteiger partial charge on any atom is 0.142 e. The molecule has 5 rings (SSSR count). The minimum atomic E-state index is -0.252. The number of aromatic nitrogens is 1. The molecule has 8 heteroatoms. The van der Waals surface area contributed by atoms with Gasteiger partial charge in [0.05, 0.1) is 17.2 Å². The van der Waals surface area contributed by atoms with Crippen molar-refractivity contribution in [1.29, 1.82) is 5.26 Å². The van der Waals surface area contributed by atoms with Crippen LogP contribution in [0.1, 0.15) is 52.8 Å². The van der Waals surface area contributed by atoms with Crippen LogP contribution in [0.4, 0.5) is 4.39 Å². The van der Waals surface area contributed by atoms with Gasteiger partial charge in [0.2, 0.25) is 0 Å². The van der Waals surface area contributed by atoms with Crippen LogP contribution in [0.5, 0.6) is 11.5 Å². The standard InChI is InChI=1S/C33H31ClFN3O3/c1-20-5-3-8-28(33(20)35)25-6-4-7-27-26(25)9-10-30(27)41-32-13-31(24(12-29(32)34)17-38-21(2)18-39)40-19-23-11-22(14-36)15-37-16-23/h3-8,11-13,15-16,21,30,38-39H,9-10,17-19H2,1-2H3/t21-,30+/m1/s1. The SMILES string of the molecule is Cc1cccc(-c2cccc3c2CC[C@@H]3Oc2cc(OCc3cncc(C#N)c3)c(CN[C@H](C)CO)cc2Cl)c1F. The van der Waals surface area contributed by atoms with Crippen LogP contribution in [0, 0.1) is 24.1 Å². The van der Waals surface area contributed by atoms with Crippen molar-refractivity contribution in [2.75, 3.05) is 6.61 Å². The normalized spacial score (nSPS) is 14.8. The first-order valence-electron chi connectivity index (χ1n) is 13.5. The number of aliphatic hydroxyl groups excluding tert-OH is 1.